The zero-order chi connectivity index (χ0) is 12.3. The Balaban J connectivity index is 2.01. The van der Waals surface area contributed by atoms with Crippen LogP contribution in [0.1, 0.15) is 52.4 Å². The third-order valence-electron chi connectivity index (χ3n) is 4.62. The van der Waals surface area contributed by atoms with Crippen LogP contribution < -0.4 is 5.32 Å². The molecule has 0 aromatic heterocycles. The lowest BCUT2D eigenvalue weighted by atomic mass is 9.72. The summed E-state index contributed by atoms with van der Waals surface area (Å²) in [4.78, 5) is 0. The fourth-order valence-corrected chi connectivity index (χ4v) is 3.86. The lowest BCUT2D eigenvalue weighted by Crippen LogP contribution is -2.42. The Hall–Kier alpha value is -0.0800. The van der Waals surface area contributed by atoms with Crippen LogP contribution in [0.5, 0.6) is 0 Å². The molecule has 17 heavy (non-hydrogen) atoms. The molecule has 0 spiro atoms. The first-order valence-corrected chi connectivity index (χ1v) is 7.48. The van der Waals surface area contributed by atoms with Gasteiger partial charge in [0, 0.05) is 18.6 Å². The van der Waals surface area contributed by atoms with Crippen LogP contribution in [0.25, 0.3) is 0 Å². The number of hydrogen-bond donors (Lipinski definition) is 1. The normalized spacial score (nSPS) is 35.1. The van der Waals surface area contributed by atoms with Crippen molar-refractivity contribution in [1.29, 1.82) is 0 Å². The average Bonchev–Trinajstić information content (AvgIpc) is 3.03. The first-order chi connectivity index (χ1) is 8.22. The van der Waals surface area contributed by atoms with E-state index in [4.69, 9.17) is 4.74 Å². The molecule has 0 aromatic rings. The van der Waals surface area contributed by atoms with E-state index in [1.54, 1.807) is 0 Å². The summed E-state index contributed by atoms with van der Waals surface area (Å²) in [7, 11) is 2.09. The molecule has 1 aliphatic heterocycles. The minimum absolute atomic E-state index is 0.435. The van der Waals surface area contributed by atoms with E-state index in [0.717, 1.165) is 25.0 Å². The second-order valence-corrected chi connectivity index (χ2v) is 6.37. The SMILES string of the molecule is CCCC(C)CC1(CNC)CCOC1C1CC1. The Labute approximate surface area is 107 Å². The molecule has 0 aromatic carbocycles. The molecule has 2 heteroatoms. The van der Waals surface area contributed by atoms with Gasteiger partial charge in [-0.1, -0.05) is 26.7 Å². The first-order valence-electron chi connectivity index (χ1n) is 7.48. The van der Waals surface area contributed by atoms with Crippen molar-refractivity contribution in [1.82, 2.24) is 5.32 Å². The van der Waals surface area contributed by atoms with Crippen LogP contribution >= 0.6 is 0 Å². The van der Waals surface area contributed by atoms with Gasteiger partial charge >= 0.3 is 0 Å². The van der Waals surface area contributed by atoms with E-state index in [0.29, 0.717) is 11.5 Å². The molecule has 2 rings (SSSR count). The van der Waals surface area contributed by atoms with Gasteiger partial charge in [-0.15, -0.1) is 0 Å². The van der Waals surface area contributed by atoms with Crippen molar-refractivity contribution < 1.29 is 4.74 Å². The minimum Gasteiger partial charge on any atom is -0.377 e. The van der Waals surface area contributed by atoms with E-state index in [-0.39, 0.29) is 0 Å². The molecule has 0 amide bonds. The highest BCUT2D eigenvalue weighted by molar-refractivity contribution is 5.00. The van der Waals surface area contributed by atoms with E-state index >= 15 is 0 Å². The summed E-state index contributed by atoms with van der Waals surface area (Å²) in [5, 5.41) is 3.43. The largest absolute Gasteiger partial charge is 0.377 e. The van der Waals surface area contributed by atoms with Crippen LogP contribution in [0, 0.1) is 17.3 Å². The molecule has 1 saturated heterocycles. The zero-order valence-corrected chi connectivity index (χ0v) is 11.8. The van der Waals surface area contributed by atoms with Crippen molar-refractivity contribution in [2.45, 2.75) is 58.5 Å². The highest BCUT2D eigenvalue weighted by atomic mass is 16.5. The number of rotatable bonds is 7. The quantitative estimate of drug-likeness (QED) is 0.736. The molecule has 1 heterocycles. The lowest BCUT2D eigenvalue weighted by molar-refractivity contribution is 0.0199. The van der Waals surface area contributed by atoms with Gasteiger partial charge in [0.2, 0.25) is 0 Å². The summed E-state index contributed by atoms with van der Waals surface area (Å²) >= 11 is 0. The van der Waals surface area contributed by atoms with Gasteiger partial charge in [0.05, 0.1) is 6.10 Å². The molecule has 2 fully saturated rings. The third-order valence-corrected chi connectivity index (χ3v) is 4.62. The molecule has 3 unspecified atom stereocenters. The van der Waals surface area contributed by atoms with E-state index in [1.165, 1.54) is 38.5 Å². The highest BCUT2D eigenvalue weighted by Crippen LogP contribution is 2.50. The van der Waals surface area contributed by atoms with Crippen LogP contribution in [0.4, 0.5) is 0 Å². The van der Waals surface area contributed by atoms with Gasteiger partial charge in [-0.3, -0.25) is 0 Å². The maximum absolute atomic E-state index is 6.08. The van der Waals surface area contributed by atoms with Crippen LogP contribution in [0.3, 0.4) is 0 Å². The Bertz CT molecular complexity index is 239. The number of hydrogen-bond acceptors (Lipinski definition) is 2. The van der Waals surface area contributed by atoms with Gasteiger partial charge in [0.15, 0.2) is 0 Å². The smallest absolute Gasteiger partial charge is 0.0672 e. The monoisotopic (exact) mass is 239 g/mol. The van der Waals surface area contributed by atoms with Crippen molar-refractivity contribution in [3.63, 3.8) is 0 Å². The minimum atomic E-state index is 0.435. The van der Waals surface area contributed by atoms with Gasteiger partial charge in [0.1, 0.15) is 0 Å². The van der Waals surface area contributed by atoms with E-state index in [9.17, 15) is 0 Å². The Morgan fingerprint density at radius 2 is 2.18 bits per heavy atom. The first kappa shape index (κ1) is 13.4. The molecule has 0 radical (unpaired) electrons. The topological polar surface area (TPSA) is 21.3 Å². The van der Waals surface area contributed by atoms with Crippen molar-refractivity contribution in [3.05, 3.63) is 0 Å². The summed E-state index contributed by atoms with van der Waals surface area (Å²) < 4.78 is 6.08. The molecule has 1 saturated carbocycles. The predicted molar refractivity (Wildman–Crippen MR) is 72.1 cm³/mol. The van der Waals surface area contributed by atoms with E-state index in [2.05, 4.69) is 26.2 Å². The Morgan fingerprint density at radius 1 is 1.41 bits per heavy atom. The Kier molecular flexibility index (Phi) is 4.48. The molecule has 0 bridgehead atoms. The van der Waals surface area contributed by atoms with Gasteiger partial charge in [-0.2, -0.15) is 0 Å². The number of ether oxygens (including phenoxy) is 1. The highest BCUT2D eigenvalue weighted by Gasteiger charge is 2.50. The molecule has 2 nitrogen and oxygen atoms in total. The van der Waals surface area contributed by atoms with Crippen molar-refractivity contribution in [2.75, 3.05) is 20.2 Å². The maximum atomic E-state index is 6.08. The van der Waals surface area contributed by atoms with Gasteiger partial charge < -0.3 is 10.1 Å². The third kappa shape index (κ3) is 3.03. The molecular formula is C15H29NO. The summed E-state index contributed by atoms with van der Waals surface area (Å²) in [6.07, 6.45) is 8.64. The van der Waals surface area contributed by atoms with Crippen LogP contribution in [0.15, 0.2) is 0 Å². The summed E-state index contributed by atoms with van der Waals surface area (Å²) in [5.41, 5.74) is 0.435. The lowest BCUT2D eigenvalue weighted by Gasteiger charge is -2.36. The molecular weight excluding hydrogens is 210 g/mol. The summed E-state index contributed by atoms with van der Waals surface area (Å²) in [6, 6.07) is 0. The van der Waals surface area contributed by atoms with E-state index < -0.39 is 0 Å². The second-order valence-electron chi connectivity index (χ2n) is 6.37. The second kappa shape index (κ2) is 5.71. The standard InChI is InChI=1S/C15H29NO/c1-4-5-12(2)10-15(11-16-3)8-9-17-14(15)13-6-7-13/h12-14,16H,4-11H2,1-3H3. The van der Waals surface area contributed by atoms with Crippen LogP contribution in [-0.2, 0) is 4.74 Å². The van der Waals surface area contributed by atoms with Gasteiger partial charge in [-0.25, -0.2) is 0 Å². The van der Waals surface area contributed by atoms with Crippen LogP contribution in [0.2, 0.25) is 0 Å². The zero-order valence-electron chi connectivity index (χ0n) is 11.8. The molecule has 100 valence electrons. The van der Waals surface area contributed by atoms with Gasteiger partial charge in [-0.05, 0) is 44.6 Å². The molecule has 1 aliphatic carbocycles. The van der Waals surface area contributed by atoms with Crippen molar-refractivity contribution in [2.24, 2.45) is 17.3 Å². The maximum Gasteiger partial charge on any atom is 0.0672 e. The summed E-state index contributed by atoms with van der Waals surface area (Å²) in [6.45, 7) is 6.85. The predicted octanol–water partition coefficient (Wildman–Crippen LogP) is 3.22. The van der Waals surface area contributed by atoms with Gasteiger partial charge in [0.25, 0.3) is 0 Å². The molecule has 1 N–H and O–H groups in total. The Morgan fingerprint density at radius 3 is 2.76 bits per heavy atom. The molecule has 3 atom stereocenters. The number of nitrogens with one attached hydrogen (secondary N) is 1. The summed E-state index contributed by atoms with van der Waals surface area (Å²) in [5.74, 6) is 1.72. The molecule has 2 aliphatic rings. The fourth-order valence-electron chi connectivity index (χ4n) is 3.86. The van der Waals surface area contributed by atoms with Crippen molar-refractivity contribution in [3.8, 4) is 0 Å². The fraction of sp³-hybridized carbons (Fsp3) is 1.00. The van der Waals surface area contributed by atoms with Crippen LogP contribution in [-0.4, -0.2) is 26.3 Å². The average molecular weight is 239 g/mol. The van der Waals surface area contributed by atoms with Crippen molar-refractivity contribution >= 4 is 0 Å². The van der Waals surface area contributed by atoms with E-state index in [1.807, 2.05) is 0 Å².